The van der Waals surface area contributed by atoms with Crippen molar-refractivity contribution in [3.8, 4) is 45.8 Å². The van der Waals surface area contributed by atoms with Gasteiger partial charge in [0.15, 0.2) is 42.0 Å². The van der Waals surface area contributed by atoms with E-state index in [4.69, 9.17) is 47.0 Å². The second-order valence-electron chi connectivity index (χ2n) is 18.2. The predicted molar refractivity (Wildman–Crippen MR) is 244 cm³/mol. The molecule has 5 heterocycles. The molecule has 26 heteroatoms. The molecule has 1 aromatic heterocycles. The van der Waals surface area contributed by atoms with Gasteiger partial charge >= 0.3 is 5.97 Å². The fraction of sp³-hybridized carbons (Fsp3) is 0.500. The molecule has 74 heavy (non-hydrogen) atoms. The molecule has 4 fully saturated rings. The van der Waals surface area contributed by atoms with E-state index in [1.54, 1.807) is 0 Å². The van der Waals surface area contributed by atoms with E-state index < -0.39 is 181 Å². The first-order valence-electron chi connectivity index (χ1n) is 23.1. The Balaban J connectivity index is 1.23. The number of aromatic hydroxyl groups is 4. The fourth-order valence-corrected chi connectivity index (χ4v) is 8.60. The van der Waals surface area contributed by atoms with Crippen molar-refractivity contribution in [1.82, 2.24) is 0 Å². The zero-order valence-electron chi connectivity index (χ0n) is 39.3. The van der Waals surface area contributed by atoms with Gasteiger partial charge < -0.3 is 119 Å². The molecular weight excluding hydrogens is 993 g/mol. The number of esters is 1. The molecule has 4 aliphatic heterocycles. The summed E-state index contributed by atoms with van der Waals surface area (Å²) in [6.45, 7) is 3.25. The van der Waals surface area contributed by atoms with Crippen molar-refractivity contribution in [1.29, 1.82) is 0 Å². The summed E-state index contributed by atoms with van der Waals surface area (Å²) in [4.78, 5) is 28.6. The van der Waals surface area contributed by atoms with Gasteiger partial charge in [-0.1, -0.05) is 12.1 Å². The van der Waals surface area contributed by atoms with E-state index in [9.17, 15) is 81.1 Å². The van der Waals surface area contributed by atoms with Crippen LogP contribution < -0.4 is 14.9 Å². The molecule has 4 aromatic rings. The number of phenolic OH excluding ortho intramolecular Hbond substituents is 4. The molecule has 0 amide bonds. The summed E-state index contributed by atoms with van der Waals surface area (Å²) in [7, 11) is 0. The number of rotatable bonds is 13. The van der Waals surface area contributed by atoms with Gasteiger partial charge in [-0.25, -0.2) is 4.79 Å². The van der Waals surface area contributed by atoms with Gasteiger partial charge in [0.25, 0.3) is 0 Å². The Morgan fingerprint density at radius 3 is 1.78 bits per heavy atom. The van der Waals surface area contributed by atoms with Crippen molar-refractivity contribution in [3.63, 3.8) is 0 Å². The van der Waals surface area contributed by atoms with E-state index >= 15 is 0 Å². The first kappa shape index (κ1) is 54.5. The first-order valence-corrected chi connectivity index (χ1v) is 23.1. The topological polar surface area (TPSA) is 414 Å². The third-order valence-electron chi connectivity index (χ3n) is 12.9. The van der Waals surface area contributed by atoms with Crippen LogP contribution in [0.5, 0.6) is 34.5 Å². The van der Waals surface area contributed by atoms with E-state index in [0.717, 1.165) is 36.4 Å². The summed E-state index contributed by atoms with van der Waals surface area (Å²) in [6, 6.07) is 10.6. The van der Waals surface area contributed by atoms with E-state index in [0.29, 0.717) is 5.56 Å². The van der Waals surface area contributed by atoms with Crippen molar-refractivity contribution in [2.24, 2.45) is 0 Å². The number of hydrogen-bond donors (Lipinski definition) is 14. The van der Waals surface area contributed by atoms with Gasteiger partial charge in [0, 0.05) is 23.8 Å². The monoisotopic (exact) mass is 1050 g/mol. The maximum absolute atomic E-state index is 14.9. The lowest BCUT2D eigenvalue weighted by Crippen LogP contribution is -2.66. The van der Waals surface area contributed by atoms with E-state index in [-0.39, 0.29) is 17.1 Å². The second-order valence-corrected chi connectivity index (χ2v) is 18.2. The van der Waals surface area contributed by atoms with Crippen LogP contribution in [0.3, 0.4) is 0 Å². The first-order chi connectivity index (χ1) is 35.0. The van der Waals surface area contributed by atoms with Crippen molar-refractivity contribution in [3.05, 3.63) is 76.5 Å². The van der Waals surface area contributed by atoms with Crippen molar-refractivity contribution in [2.45, 2.75) is 144 Å². The molecule has 0 unspecified atom stereocenters. The quantitative estimate of drug-likeness (QED) is 0.0378. The minimum absolute atomic E-state index is 0.0801. The normalized spacial score (nSPS) is 36.7. The van der Waals surface area contributed by atoms with Gasteiger partial charge in [-0.2, -0.15) is 0 Å². The maximum atomic E-state index is 14.9. The summed E-state index contributed by atoms with van der Waals surface area (Å²) in [6.07, 6.45) is -32.5. The van der Waals surface area contributed by atoms with Crippen LogP contribution >= 0.6 is 0 Å². The van der Waals surface area contributed by atoms with Crippen LogP contribution in [0.4, 0.5) is 0 Å². The summed E-state index contributed by atoms with van der Waals surface area (Å²) in [5.74, 6) is -5.27. The van der Waals surface area contributed by atoms with Crippen LogP contribution in [-0.4, -0.2) is 207 Å². The lowest BCUT2D eigenvalue weighted by atomic mass is 9.97. The molecule has 8 rings (SSSR count). The number of hydrogen-bond acceptors (Lipinski definition) is 26. The van der Waals surface area contributed by atoms with Gasteiger partial charge in [0.1, 0.15) is 95.4 Å². The highest BCUT2D eigenvalue weighted by Crippen LogP contribution is 2.41. The van der Waals surface area contributed by atoms with Gasteiger partial charge in [-0.15, -0.1) is 0 Å². The minimum Gasteiger partial charge on any atom is -0.508 e. The number of aliphatic hydroxyl groups excluding tert-OH is 10. The highest BCUT2D eigenvalue weighted by Gasteiger charge is 2.54. The van der Waals surface area contributed by atoms with Crippen molar-refractivity contribution < 1.29 is 123 Å². The van der Waals surface area contributed by atoms with Crippen LogP contribution in [0.15, 0.2) is 69.9 Å². The highest BCUT2D eigenvalue weighted by atomic mass is 16.8. The molecule has 404 valence electrons. The van der Waals surface area contributed by atoms with Crippen LogP contribution in [0.25, 0.3) is 28.4 Å². The van der Waals surface area contributed by atoms with E-state index in [2.05, 4.69) is 0 Å². The standard InChI is InChI=1S/C48H56O26/c1-16-30(54)35(59)38(62)45(66-16)65-15-27-33(57)42(72-28(53)11-6-19-4-8-21(49)9-5-19)44(74-47-40(64)37(61)32(56)18(3)68-47)48(71-27)73-43-34(58)29-25(52)13-22(69-46-39(63)36(60)31(55)17(2)67-46)14-26(29)70-41(43)20-7-10-23(50)24(51)12-20/h4-14,16-18,27,30-33,35-40,42,44-52,54-57,59-64H,15H2,1-3H3/b11-6+/t16-,17-,18-,27+,30-,31-,32-,33-,35+,36+,37-,38-,39-,40-,42-,44+,45+,46-,47-,48-/m0/s1. The summed E-state index contributed by atoms with van der Waals surface area (Å²) in [5.41, 5.74) is -1.49. The van der Waals surface area contributed by atoms with Crippen LogP contribution in [0.1, 0.15) is 26.3 Å². The zero-order valence-corrected chi connectivity index (χ0v) is 39.3. The molecule has 0 aliphatic carbocycles. The van der Waals surface area contributed by atoms with Crippen LogP contribution in [0.2, 0.25) is 0 Å². The van der Waals surface area contributed by atoms with Gasteiger partial charge in [0.05, 0.1) is 24.9 Å². The Bertz CT molecular complexity index is 2700. The number of aliphatic hydroxyl groups is 10. The number of carbonyl (C=O) groups is 1. The zero-order chi connectivity index (χ0) is 53.6. The maximum Gasteiger partial charge on any atom is 0.331 e. The lowest BCUT2D eigenvalue weighted by molar-refractivity contribution is -0.360. The molecule has 0 spiro atoms. The molecular formula is C48H56O26. The predicted octanol–water partition coefficient (Wildman–Crippen LogP) is -2.36. The SMILES string of the molecule is C[C@@H]1O[C@@H](O[C@H]2[C@H](Oc3c(-c4ccc(O)c(O)c4)oc4cc(O[C@@H]5O[C@@H](C)[C@H](O)[C@@H](O)[C@@H]5O)cc(O)c4c3=O)O[C@H](CO[C@@H]3O[C@@H](C)[C@H](O)[C@@H](O)[C@@H]3O)[C@H](O)[C@@H]2OC(=O)/C=C/c2ccc(O)cc2)[C@@H](O)[C@@H](O)[C@H]1O. The third-order valence-corrected chi connectivity index (χ3v) is 12.9. The smallest absolute Gasteiger partial charge is 0.331 e. The number of carbonyl (C=O) groups excluding carboxylic acids is 1. The van der Waals surface area contributed by atoms with Crippen molar-refractivity contribution >= 4 is 23.0 Å². The summed E-state index contributed by atoms with van der Waals surface area (Å²) in [5, 5.41) is 149. The molecule has 0 saturated carbocycles. The van der Waals surface area contributed by atoms with Gasteiger partial charge in [0.2, 0.25) is 23.8 Å². The molecule has 26 nitrogen and oxygen atoms in total. The molecule has 3 aromatic carbocycles. The largest absolute Gasteiger partial charge is 0.508 e. The van der Waals surface area contributed by atoms with E-state index in [1.165, 1.54) is 51.1 Å². The van der Waals surface area contributed by atoms with E-state index in [1.807, 2.05) is 0 Å². The number of benzene rings is 3. The Kier molecular flexibility index (Phi) is 16.4. The van der Waals surface area contributed by atoms with Gasteiger partial charge in [-0.05, 0) is 62.7 Å². The average molecular weight is 1050 g/mol. The summed E-state index contributed by atoms with van der Waals surface area (Å²) < 4.78 is 58.9. The third kappa shape index (κ3) is 11.1. The fourth-order valence-electron chi connectivity index (χ4n) is 8.60. The minimum atomic E-state index is -2.20. The molecule has 0 bridgehead atoms. The second kappa shape index (κ2) is 22.2. The number of ether oxygens (including phenoxy) is 9. The Labute approximate surface area is 418 Å². The van der Waals surface area contributed by atoms with Crippen LogP contribution in [-0.2, 0) is 38.0 Å². The molecule has 14 N–H and O–H groups in total. The molecule has 4 saturated heterocycles. The summed E-state index contributed by atoms with van der Waals surface area (Å²) >= 11 is 0. The van der Waals surface area contributed by atoms with Gasteiger partial charge in [-0.3, -0.25) is 4.79 Å². The lowest BCUT2D eigenvalue weighted by Gasteiger charge is -2.47. The molecule has 20 atom stereocenters. The molecule has 0 radical (unpaired) electrons. The Morgan fingerprint density at radius 1 is 0.581 bits per heavy atom. The van der Waals surface area contributed by atoms with Crippen LogP contribution in [0, 0.1) is 0 Å². The Morgan fingerprint density at radius 2 is 1.16 bits per heavy atom. The van der Waals surface area contributed by atoms with Crippen molar-refractivity contribution in [2.75, 3.05) is 6.61 Å². The number of phenols is 4. The molecule has 4 aliphatic rings. The number of fused-ring (bicyclic) bond motifs is 1. The highest BCUT2D eigenvalue weighted by molar-refractivity contribution is 5.89. The average Bonchev–Trinajstić information content (AvgIpc) is 3.36. The Hall–Kier alpha value is -5.76.